The Kier molecular flexibility index (Phi) is 5.34. The zero-order valence-corrected chi connectivity index (χ0v) is 16.1. The highest BCUT2D eigenvalue weighted by Gasteiger charge is 2.32. The van der Waals surface area contributed by atoms with Crippen LogP contribution in [0.5, 0.6) is 0 Å². The van der Waals surface area contributed by atoms with Crippen molar-refractivity contribution in [2.75, 3.05) is 6.54 Å². The number of rotatable bonds is 8. The van der Waals surface area contributed by atoms with Crippen molar-refractivity contribution in [3.63, 3.8) is 0 Å². The van der Waals surface area contributed by atoms with E-state index in [4.69, 9.17) is 0 Å². The Hall–Kier alpha value is -3.15. The van der Waals surface area contributed by atoms with Crippen LogP contribution >= 0.6 is 0 Å². The number of carbonyl (C=O) groups excluding carboxylic acids is 2. The summed E-state index contributed by atoms with van der Waals surface area (Å²) in [4.78, 5) is 44.4. The minimum absolute atomic E-state index is 0.0621. The number of H-pyrrole nitrogens is 1. The van der Waals surface area contributed by atoms with Gasteiger partial charge in [-0.25, -0.2) is 4.98 Å². The standard InChI is InChI=1S/C20H24N6O3/c21-9-15(8-13-3-5-22-18(13)27)25-19(28)14(7-12-1-2-12)10-26-6-4-16-17(20(26)29)24-11-23-16/h4,6,11-15H,1-3,5,7-8,10H2,(H,22,27)(H,23,24)(H,25,28)/t13-,14?,15-/m0/s1. The average Bonchev–Trinajstić information content (AvgIpc) is 3.23. The summed E-state index contributed by atoms with van der Waals surface area (Å²) >= 11 is 0. The van der Waals surface area contributed by atoms with E-state index >= 15 is 0 Å². The monoisotopic (exact) mass is 396 g/mol. The molecule has 0 radical (unpaired) electrons. The molecule has 1 saturated heterocycles. The lowest BCUT2D eigenvalue weighted by Gasteiger charge is -2.21. The molecule has 3 heterocycles. The van der Waals surface area contributed by atoms with Gasteiger partial charge >= 0.3 is 0 Å². The third-order valence-electron chi connectivity index (χ3n) is 5.81. The van der Waals surface area contributed by atoms with Crippen LogP contribution < -0.4 is 16.2 Å². The number of nitrogens with zero attached hydrogens (tertiary/aromatic N) is 3. The van der Waals surface area contributed by atoms with Gasteiger partial charge in [-0.1, -0.05) is 12.8 Å². The van der Waals surface area contributed by atoms with Crippen molar-refractivity contribution >= 4 is 22.8 Å². The summed E-state index contributed by atoms with van der Waals surface area (Å²) in [5, 5.41) is 15.0. The van der Waals surface area contributed by atoms with Gasteiger partial charge < -0.3 is 20.2 Å². The number of amides is 2. The molecule has 4 rings (SSSR count). The molecule has 9 heteroatoms. The zero-order valence-electron chi connectivity index (χ0n) is 16.1. The largest absolute Gasteiger partial charge is 0.356 e. The Labute approximate surface area is 167 Å². The summed E-state index contributed by atoms with van der Waals surface area (Å²) in [7, 11) is 0. The molecule has 2 aromatic heterocycles. The van der Waals surface area contributed by atoms with Gasteiger partial charge in [0.25, 0.3) is 5.56 Å². The first-order valence-electron chi connectivity index (χ1n) is 10.1. The number of nitriles is 1. The molecule has 3 N–H and O–H groups in total. The summed E-state index contributed by atoms with van der Waals surface area (Å²) in [6.07, 6.45) is 6.98. The van der Waals surface area contributed by atoms with E-state index in [0.717, 1.165) is 12.8 Å². The molecule has 0 aromatic carbocycles. The highest BCUT2D eigenvalue weighted by Crippen LogP contribution is 2.36. The number of hydrogen-bond acceptors (Lipinski definition) is 5. The van der Waals surface area contributed by atoms with Crippen molar-refractivity contribution in [3.05, 3.63) is 28.9 Å². The fraction of sp³-hybridized carbons (Fsp3) is 0.550. The van der Waals surface area contributed by atoms with Crippen LogP contribution in [0, 0.1) is 29.1 Å². The molecule has 0 spiro atoms. The minimum Gasteiger partial charge on any atom is -0.356 e. The van der Waals surface area contributed by atoms with Crippen LogP contribution in [0.1, 0.15) is 32.1 Å². The first-order chi connectivity index (χ1) is 14.0. The van der Waals surface area contributed by atoms with Gasteiger partial charge in [0, 0.05) is 25.2 Å². The van der Waals surface area contributed by atoms with Crippen LogP contribution in [0.4, 0.5) is 0 Å². The highest BCUT2D eigenvalue weighted by atomic mass is 16.2. The molecule has 1 aliphatic carbocycles. The third kappa shape index (κ3) is 4.31. The van der Waals surface area contributed by atoms with Crippen LogP contribution in [0.3, 0.4) is 0 Å². The third-order valence-corrected chi connectivity index (χ3v) is 5.81. The van der Waals surface area contributed by atoms with E-state index in [0.29, 0.717) is 42.8 Å². The molecule has 152 valence electrons. The van der Waals surface area contributed by atoms with Crippen molar-refractivity contribution in [3.8, 4) is 6.07 Å². The second-order valence-corrected chi connectivity index (χ2v) is 8.02. The minimum atomic E-state index is -0.719. The average molecular weight is 396 g/mol. The maximum absolute atomic E-state index is 13.0. The molecule has 1 aliphatic heterocycles. The Balaban J connectivity index is 1.47. The number of aromatic amines is 1. The van der Waals surface area contributed by atoms with E-state index in [1.165, 1.54) is 10.9 Å². The van der Waals surface area contributed by atoms with Gasteiger partial charge in [0.15, 0.2) is 5.52 Å². The molecule has 29 heavy (non-hydrogen) atoms. The van der Waals surface area contributed by atoms with Crippen molar-refractivity contribution in [2.45, 2.75) is 44.7 Å². The van der Waals surface area contributed by atoms with Crippen molar-refractivity contribution in [1.82, 2.24) is 25.2 Å². The number of imidazole rings is 1. The quantitative estimate of drug-likeness (QED) is 0.603. The first kappa shape index (κ1) is 19.2. The molecule has 3 atom stereocenters. The summed E-state index contributed by atoms with van der Waals surface area (Å²) in [5.74, 6) is -0.475. The Morgan fingerprint density at radius 1 is 1.34 bits per heavy atom. The second-order valence-electron chi connectivity index (χ2n) is 8.02. The summed E-state index contributed by atoms with van der Waals surface area (Å²) < 4.78 is 1.52. The maximum atomic E-state index is 13.0. The van der Waals surface area contributed by atoms with Gasteiger partial charge in [-0.3, -0.25) is 14.4 Å². The predicted octanol–water partition coefficient (Wildman–Crippen LogP) is 0.675. The number of fused-ring (bicyclic) bond motifs is 1. The summed E-state index contributed by atoms with van der Waals surface area (Å²) in [5.41, 5.74) is 0.769. The summed E-state index contributed by atoms with van der Waals surface area (Å²) in [6, 6.07) is 3.16. The van der Waals surface area contributed by atoms with Gasteiger partial charge in [-0.2, -0.15) is 5.26 Å². The van der Waals surface area contributed by atoms with Crippen LogP contribution in [-0.4, -0.2) is 38.9 Å². The van der Waals surface area contributed by atoms with Gasteiger partial charge in [0.1, 0.15) is 6.04 Å². The first-order valence-corrected chi connectivity index (χ1v) is 10.1. The molecule has 2 amide bonds. The lowest BCUT2D eigenvalue weighted by atomic mass is 9.97. The second kappa shape index (κ2) is 8.07. The Bertz CT molecular complexity index is 1020. The zero-order chi connectivity index (χ0) is 20.4. The van der Waals surface area contributed by atoms with Crippen LogP contribution in [0.25, 0.3) is 11.0 Å². The topological polar surface area (TPSA) is 133 Å². The van der Waals surface area contributed by atoms with Crippen LogP contribution in [0.2, 0.25) is 0 Å². The van der Waals surface area contributed by atoms with Gasteiger partial charge in [0.2, 0.25) is 11.8 Å². The lowest BCUT2D eigenvalue weighted by Crippen LogP contribution is -2.42. The summed E-state index contributed by atoms with van der Waals surface area (Å²) in [6.45, 7) is 0.852. The van der Waals surface area contributed by atoms with Gasteiger partial charge in [0.05, 0.1) is 23.8 Å². The predicted molar refractivity (Wildman–Crippen MR) is 104 cm³/mol. The lowest BCUT2D eigenvalue weighted by molar-refractivity contribution is -0.127. The SMILES string of the molecule is N#C[C@H](C[C@@H]1CCNC1=O)NC(=O)C(CC1CC1)Cn1ccc2[nH]cnc2c1=O. The fourth-order valence-electron chi connectivity index (χ4n) is 3.96. The number of carbonyl (C=O) groups is 2. The molecule has 0 bridgehead atoms. The molecular formula is C20H24N6O3. The molecule has 2 aliphatic rings. The maximum Gasteiger partial charge on any atom is 0.278 e. The number of aromatic nitrogens is 3. The normalized spacial score (nSPS) is 20.8. The smallest absolute Gasteiger partial charge is 0.278 e. The van der Waals surface area contributed by atoms with Crippen LogP contribution in [-0.2, 0) is 16.1 Å². The molecule has 1 unspecified atom stereocenters. The number of hydrogen-bond donors (Lipinski definition) is 3. The van der Waals surface area contributed by atoms with Crippen molar-refractivity contribution in [2.24, 2.45) is 17.8 Å². The van der Waals surface area contributed by atoms with Crippen LogP contribution in [0.15, 0.2) is 23.4 Å². The molecule has 1 saturated carbocycles. The van der Waals surface area contributed by atoms with E-state index in [2.05, 4.69) is 26.7 Å². The van der Waals surface area contributed by atoms with E-state index in [1.54, 1.807) is 12.3 Å². The van der Waals surface area contributed by atoms with E-state index in [1.807, 2.05) is 0 Å². The van der Waals surface area contributed by atoms with Crippen molar-refractivity contribution < 1.29 is 9.59 Å². The van der Waals surface area contributed by atoms with E-state index in [9.17, 15) is 19.6 Å². The number of pyridine rings is 1. The van der Waals surface area contributed by atoms with Gasteiger partial charge in [-0.15, -0.1) is 0 Å². The molecule has 9 nitrogen and oxygen atoms in total. The van der Waals surface area contributed by atoms with Crippen molar-refractivity contribution in [1.29, 1.82) is 5.26 Å². The van der Waals surface area contributed by atoms with E-state index < -0.39 is 12.0 Å². The molecule has 2 aromatic rings. The van der Waals surface area contributed by atoms with E-state index in [-0.39, 0.29) is 29.8 Å². The Morgan fingerprint density at radius 3 is 2.86 bits per heavy atom. The van der Waals surface area contributed by atoms with Gasteiger partial charge in [-0.05, 0) is 31.2 Å². The Morgan fingerprint density at radius 2 is 2.17 bits per heavy atom. The number of nitrogens with one attached hydrogen (secondary N) is 3. The highest BCUT2D eigenvalue weighted by molar-refractivity contribution is 5.81. The molecule has 2 fully saturated rings. The molecular weight excluding hydrogens is 372 g/mol. The fourth-order valence-corrected chi connectivity index (χ4v) is 3.96.